The molecule has 3 rings (SSSR count). The third kappa shape index (κ3) is 4.93. The smallest absolute Gasteiger partial charge is 0.312 e. The van der Waals surface area contributed by atoms with Gasteiger partial charge >= 0.3 is 5.69 Å². The first-order valence-corrected chi connectivity index (χ1v) is 9.79. The number of benzene rings is 3. The van der Waals surface area contributed by atoms with Crippen LogP contribution in [0.15, 0.2) is 87.9 Å². The number of ether oxygens (including phenoxy) is 1. The Labute approximate surface area is 166 Å². The summed E-state index contributed by atoms with van der Waals surface area (Å²) in [6.45, 7) is 0. The third-order valence-electron chi connectivity index (χ3n) is 3.81. The summed E-state index contributed by atoms with van der Waals surface area (Å²) >= 11 is 0. The van der Waals surface area contributed by atoms with Crippen molar-refractivity contribution >= 4 is 32.8 Å². The second kappa shape index (κ2) is 8.48. The number of rotatable bonds is 7. The van der Waals surface area contributed by atoms with E-state index in [4.69, 9.17) is 4.74 Å². The van der Waals surface area contributed by atoms with Crippen molar-refractivity contribution in [2.45, 2.75) is 4.90 Å². The van der Waals surface area contributed by atoms with Gasteiger partial charge in [0.05, 0.1) is 28.3 Å². The molecule has 0 fully saturated rings. The zero-order valence-corrected chi connectivity index (χ0v) is 16.0. The van der Waals surface area contributed by atoms with Crippen LogP contribution in [0.3, 0.4) is 0 Å². The number of nitro groups is 1. The zero-order chi connectivity index (χ0) is 20.9. The van der Waals surface area contributed by atoms with Gasteiger partial charge in [-0.05, 0) is 48.5 Å². The van der Waals surface area contributed by atoms with Crippen molar-refractivity contribution in [2.24, 2.45) is 10.2 Å². The van der Waals surface area contributed by atoms with Crippen LogP contribution in [0.4, 0.5) is 22.7 Å². The van der Waals surface area contributed by atoms with Crippen molar-refractivity contribution in [3.8, 4) is 5.75 Å². The molecule has 0 bridgehead atoms. The number of sulfonamides is 1. The van der Waals surface area contributed by atoms with Crippen molar-refractivity contribution in [1.82, 2.24) is 0 Å². The molecule has 0 spiro atoms. The van der Waals surface area contributed by atoms with Crippen LogP contribution in [-0.4, -0.2) is 20.5 Å². The number of methoxy groups -OCH3 is 1. The Balaban J connectivity index is 1.78. The lowest BCUT2D eigenvalue weighted by Gasteiger charge is -2.09. The van der Waals surface area contributed by atoms with Crippen molar-refractivity contribution in [2.75, 3.05) is 11.8 Å². The van der Waals surface area contributed by atoms with E-state index in [1.165, 1.54) is 31.4 Å². The fraction of sp³-hybridized carbons (Fsp3) is 0.0526. The molecule has 0 aliphatic rings. The lowest BCUT2D eigenvalue weighted by atomic mass is 10.3. The summed E-state index contributed by atoms with van der Waals surface area (Å²) in [4.78, 5) is 10.2. The van der Waals surface area contributed by atoms with Crippen LogP contribution < -0.4 is 9.46 Å². The molecule has 0 saturated heterocycles. The molecule has 1 N–H and O–H groups in total. The number of azo groups is 1. The topological polar surface area (TPSA) is 123 Å². The molecule has 9 nitrogen and oxygen atoms in total. The van der Waals surface area contributed by atoms with E-state index in [0.29, 0.717) is 11.4 Å². The molecule has 0 heterocycles. The molecule has 0 saturated carbocycles. The van der Waals surface area contributed by atoms with E-state index in [9.17, 15) is 18.5 Å². The molecular weight excluding hydrogens is 396 g/mol. The molecule has 0 atom stereocenters. The Hall–Kier alpha value is -3.79. The van der Waals surface area contributed by atoms with Gasteiger partial charge in [0, 0.05) is 11.8 Å². The van der Waals surface area contributed by atoms with E-state index in [-0.39, 0.29) is 16.3 Å². The van der Waals surface area contributed by atoms with Gasteiger partial charge in [0.1, 0.15) is 0 Å². The van der Waals surface area contributed by atoms with Crippen molar-refractivity contribution < 1.29 is 18.1 Å². The van der Waals surface area contributed by atoms with Gasteiger partial charge in [-0.25, -0.2) is 8.42 Å². The van der Waals surface area contributed by atoms with Crippen LogP contribution in [0.2, 0.25) is 0 Å². The number of nitrogens with one attached hydrogen (secondary N) is 1. The van der Waals surface area contributed by atoms with E-state index < -0.39 is 20.6 Å². The van der Waals surface area contributed by atoms with Crippen molar-refractivity contribution in [3.63, 3.8) is 0 Å². The number of anilines is 1. The van der Waals surface area contributed by atoms with Gasteiger partial charge in [-0.15, -0.1) is 0 Å². The Bertz CT molecular complexity index is 1150. The van der Waals surface area contributed by atoms with E-state index in [2.05, 4.69) is 15.0 Å². The zero-order valence-electron chi connectivity index (χ0n) is 15.2. The molecule has 148 valence electrons. The quantitative estimate of drug-likeness (QED) is 0.338. The number of hydrogen-bond donors (Lipinski definition) is 1. The summed E-state index contributed by atoms with van der Waals surface area (Å²) in [6, 6.07) is 18.8. The lowest BCUT2D eigenvalue weighted by molar-refractivity contribution is -0.386. The van der Waals surface area contributed by atoms with Gasteiger partial charge in [-0.2, -0.15) is 10.2 Å². The highest BCUT2D eigenvalue weighted by Crippen LogP contribution is 2.30. The van der Waals surface area contributed by atoms with Gasteiger partial charge < -0.3 is 4.74 Å². The minimum atomic E-state index is -4.03. The van der Waals surface area contributed by atoms with Gasteiger partial charge in [0.2, 0.25) is 0 Å². The molecule has 0 radical (unpaired) electrons. The fourth-order valence-corrected chi connectivity index (χ4v) is 3.48. The van der Waals surface area contributed by atoms with E-state index in [0.717, 1.165) is 6.07 Å². The van der Waals surface area contributed by atoms with Crippen LogP contribution in [-0.2, 0) is 10.0 Å². The summed E-state index contributed by atoms with van der Waals surface area (Å²) < 4.78 is 32.4. The van der Waals surface area contributed by atoms with Crippen molar-refractivity contribution in [3.05, 3.63) is 82.9 Å². The van der Waals surface area contributed by atoms with Crippen LogP contribution in [0.1, 0.15) is 0 Å². The summed E-state index contributed by atoms with van der Waals surface area (Å²) in [5.41, 5.74) is 1.07. The molecule has 0 aliphatic carbocycles. The van der Waals surface area contributed by atoms with Gasteiger partial charge in [0.15, 0.2) is 5.75 Å². The van der Waals surface area contributed by atoms with Crippen molar-refractivity contribution in [1.29, 1.82) is 0 Å². The summed E-state index contributed by atoms with van der Waals surface area (Å²) in [5.74, 6) is -0.0259. The molecule has 29 heavy (non-hydrogen) atoms. The highest BCUT2D eigenvalue weighted by atomic mass is 32.2. The summed E-state index contributed by atoms with van der Waals surface area (Å²) in [5, 5.41) is 19.3. The lowest BCUT2D eigenvalue weighted by Crippen LogP contribution is -2.13. The average Bonchev–Trinajstić information content (AvgIpc) is 2.73. The molecule has 10 heteroatoms. The largest absolute Gasteiger partial charge is 0.490 e. The van der Waals surface area contributed by atoms with Crippen LogP contribution in [0.25, 0.3) is 0 Å². The van der Waals surface area contributed by atoms with E-state index in [1.54, 1.807) is 24.3 Å². The third-order valence-corrected chi connectivity index (χ3v) is 5.19. The highest BCUT2D eigenvalue weighted by Gasteiger charge is 2.22. The normalized spacial score (nSPS) is 11.3. The number of nitrogens with zero attached hydrogens (tertiary/aromatic N) is 3. The Morgan fingerprint density at radius 3 is 2.14 bits per heavy atom. The Morgan fingerprint density at radius 2 is 1.55 bits per heavy atom. The maximum atomic E-state index is 12.6. The first-order valence-electron chi connectivity index (χ1n) is 8.31. The predicted octanol–water partition coefficient (Wildman–Crippen LogP) is 4.82. The minimum absolute atomic E-state index is 0.0259. The monoisotopic (exact) mass is 412 g/mol. The second-order valence-electron chi connectivity index (χ2n) is 5.78. The summed E-state index contributed by atoms with van der Waals surface area (Å²) in [6.07, 6.45) is 0. The van der Waals surface area contributed by atoms with Gasteiger partial charge in [0.25, 0.3) is 10.0 Å². The van der Waals surface area contributed by atoms with Gasteiger partial charge in [-0.1, -0.05) is 18.2 Å². The molecule has 3 aromatic carbocycles. The van der Waals surface area contributed by atoms with Gasteiger partial charge in [-0.3, -0.25) is 14.8 Å². The Kier molecular flexibility index (Phi) is 5.84. The highest BCUT2D eigenvalue weighted by molar-refractivity contribution is 7.92. The predicted molar refractivity (Wildman–Crippen MR) is 108 cm³/mol. The maximum Gasteiger partial charge on any atom is 0.312 e. The minimum Gasteiger partial charge on any atom is -0.490 e. The second-order valence-corrected chi connectivity index (χ2v) is 7.46. The first-order chi connectivity index (χ1) is 13.9. The standard InChI is InChI=1S/C19H16N4O5S/c1-28-19-12-11-17(13-18(19)23(24)25)29(26,27)22-16-9-7-15(8-10-16)21-20-14-5-3-2-4-6-14/h2-13,22H,1H3. The fourth-order valence-electron chi connectivity index (χ4n) is 2.40. The summed E-state index contributed by atoms with van der Waals surface area (Å²) in [7, 11) is -2.76. The van der Waals surface area contributed by atoms with Crippen LogP contribution in [0.5, 0.6) is 5.75 Å². The van der Waals surface area contributed by atoms with Crippen LogP contribution in [0, 0.1) is 10.1 Å². The SMILES string of the molecule is COc1ccc(S(=O)(=O)Nc2ccc(N=Nc3ccccc3)cc2)cc1[N+](=O)[O-]. The molecule has 0 aromatic heterocycles. The molecule has 0 amide bonds. The molecule has 0 aliphatic heterocycles. The number of hydrogen-bond acceptors (Lipinski definition) is 7. The van der Waals surface area contributed by atoms with E-state index in [1.807, 2.05) is 18.2 Å². The first kappa shape index (κ1) is 20.0. The maximum absolute atomic E-state index is 12.6. The van der Waals surface area contributed by atoms with Crippen LogP contribution >= 0.6 is 0 Å². The van der Waals surface area contributed by atoms with E-state index >= 15 is 0 Å². The Morgan fingerprint density at radius 1 is 0.931 bits per heavy atom. The number of nitro benzene ring substituents is 1. The molecule has 3 aromatic rings. The molecule has 0 unspecified atom stereocenters. The molecular formula is C19H16N4O5S. The average molecular weight is 412 g/mol.